The monoisotopic (exact) mass is 483 g/mol. The van der Waals surface area contributed by atoms with E-state index < -0.39 is 0 Å². The molecule has 2 aromatic carbocycles. The molecule has 0 aliphatic heterocycles. The molecule has 0 bridgehead atoms. The van der Waals surface area contributed by atoms with Crippen molar-refractivity contribution in [2.75, 3.05) is 14.2 Å². The van der Waals surface area contributed by atoms with Gasteiger partial charge in [-0.2, -0.15) is 0 Å². The summed E-state index contributed by atoms with van der Waals surface area (Å²) in [6.07, 6.45) is 0. The van der Waals surface area contributed by atoms with Crippen LogP contribution in [0.5, 0.6) is 23.0 Å². The fourth-order valence-corrected chi connectivity index (χ4v) is 3.65. The van der Waals surface area contributed by atoms with E-state index in [1.54, 1.807) is 12.1 Å². The maximum absolute atomic E-state index is 10.6. The van der Waals surface area contributed by atoms with E-state index in [9.17, 15) is 10.2 Å². The van der Waals surface area contributed by atoms with Crippen LogP contribution in [0.25, 0.3) is 33.9 Å². The topological polar surface area (TPSA) is 84.7 Å². The van der Waals surface area contributed by atoms with Crippen molar-refractivity contribution in [3.05, 3.63) is 71.8 Å². The number of rotatable bonds is 5. The van der Waals surface area contributed by atoms with Crippen LogP contribution >= 0.6 is 0 Å². The Labute approximate surface area is 203 Å². The zero-order valence-electron chi connectivity index (χ0n) is 18.8. The summed E-state index contributed by atoms with van der Waals surface area (Å²) >= 11 is 0. The molecule has 2 heterocycles. The standard InChI is InChI=1S/C26H24N2O4.Mn/c1-15-11-17(25(29)23(13-15)31-3)19-7-5-9-21(27-19)22-10-6-8-20(28-22)18-12-16(2)14-24(32-4)26(18)30;/h5-14,29-30H,1-4H3;. The summed E-state index contributed by atoms with van der Waals surface area (Å²) in [4.78, 5) is 9.47. The van der Waals surface area contributed by atoms with E-state index >= 15 is 0 Å². The van der Waals surface area contributed by atoms with Crippen LogP contribution in [0.3, 0.4) is 0 Å². The quantitative estimate of drug-likeness (QED) is 0.364. The van der Waals surface area contributed by atoms with Gasteiger partial charge in [-0.05, 0) is 73.5 Å². The number of aromatic hydroxyl groups is 2. The number of hydrogen-bond acceptors (Lipinski definition) is 6. The van der Waals surface area contributed by atoms with E-state index in [-0.39, 0.29) is 28.6 Å². The summed E-state index contributed by atoms with van der Waals surface area (Å²) in [6.45, 7) is 3.87. The van der Waals surface area contributed by atoms with Crippen molar-refractivity contribution < 1.29 is 36.8 Å². The Balaban J connectivity index is 0.00000306. The molecule has 0 aliphatic rings. The predicted molar refractivity (Wildman–Crippen MR) is 124 cm³/mol. The fraction of sp³-hybridized carbons (Fsp3) is 0.154. The number of pyridine rings is 2. The van der Waals surface area contributed by atoms with Gasteiger partial charge in [-0.1, -0.05) is 12.1 Å². The maximum Gasteiger partial charge on any atom is 0.167 e. The SMILES string of the molecule is COc1cc(C)cc(-c2cccc(-c3cccc(-c4cc(C)cc(OC)c4O)n3)n2)c1O.[Mn]. The van der Waals surface area contributed by atoms with E-state index in [1.807, 2.05) is 62.4 Å². The molecule has 1 radical (unpaired) electrons. The first-order valence-corrected chi connectivity index (χ1v) is 10.1. The van der Waals surface area contributed by atoms with Gasteiger partial charge in [0.25, 0.3) is 0 Å². The third kappa shape index (κ3) is 4.80. The van der Waals surface area contributed by atoms with Gasteiger partial charge in [0.1, 0.15) is 0 Å². The molecule has 2 N–H and O–H groups in total. The van der Waals surface area contributed by atoms with Crippen LogP contribution in [0.2, 0.25) is 0 Å². The van der Waals surface area contributed by atoms with Crippen molar-refractivity contribution in [2.24, 2.45) is 0 Å². The molecule has 0 saturated carbocycles. The summed E-state index contributed by atoms with van der Waals surface area (Å²) in [5, 5.41) is 21.2. The number of aryl methyl sites for hydroxylation is 2. The van der Waals surface area contributed by atoms with Crippen molar-refractivity contribution in [3.8, 4) is 56.9 Å². The molecule has 6 nitrogen and oxygen atoms in total. The number of benzene rings is 2. The molecule has 7 heteroatoms. The van der Waals surface area contributed by atoms with Crippen molar-refractivity contribution in [2.45, 2.75) is 13.8 Å². The Bertz CT molecular complexity index is 1210. The zero-order chi connectivity index (χ0) is 22.8. The van der Waals surface area contributed by atoms with Gasteiger partial charge < -0.3 is 19.7 Å². The van der Waals surface area contributed by atoms with Crippen molar-refractivity contribution >= 4 is 0 Å². The molecular formula is C26H24MnN2O4. The Kier molecular flexibility index (Phi) is 7.26. The molecule has 33 heavy (non-hydrogen) atoms. The molecule has 0 unspecified atom stereocenters. The molecule has 0 spiro atoms. The second-order valence-corrected chi connectivity index (χ2v) is 7.54. The first-order valence-electron chi connectivity index (χ1n) is 10.1. The molecule has 0 amide bonds. The first kappa shape index (κ1) is 24.1. The minimum Gasteiger partial charge on any atom is -0.504 e. The van der Waals surface area contributed by atoms with Crippen LogP contribution in [-0.2, 0) is 17.1 Å². The summed E-state index contributed by atoms with van der Waals surface area (Å²) < 4.78 is 10.6. The van der Waals surface area contributed by atoms with E-state index in [2.05, 4.69) is 0 Å². The normalized spacial score (nSPS) is 10.4. The van der Waals surface area contributed by atoms with Gasteiger partial charge in [-0.25, -0.2) is 9.97 Å². The van der Waals surface area contributed by atoms with Crippen molar-refractivity contribution in [1.82, 2.24) is 9.97 Å². The van der Waals surface area contributed by atoms with Crippen LogP contribution < -0.4 is 9.47 Å². The molecular weight excluding hydrogens is 459 g/mol. The Morgan fingerprint density at radius 1 is 0.606 bits per heavy atom. The summed E-state index contributed by atoms with van der Waals surface area (Å²) in [5.41, 5.74) is 5.56. The van der Waals surface area contributed by atoms with E-state index in [4.69, 9.17) is 19.4 Å². The van der Waals surface area contributed by atoms with Crippen molar-refractivity contribution in [3.63, 3.8) is 0 Å². The second kappa shape index (κ2) is 9.94. The van der Waals surface area contributed by atoms with Gasteiger partial charge in [-0.3, -0.25) is 0 Å². The average molecular weight is 483 g/mol. The molecule has 0 atom stereocenters. The van der Waals surface area contributed by atoms with E-state index in [0.717, 1.165) is 11.1 Å². The number of aromatic nitrogens is 2. The van der Waals surface area contributed by atoms with Crippen molar-refractivity contribution in [1.29, 1.82) is 0 Å². The van der Waals surface area contributed by atoms with Gasteiger partial charge in [0.15, 0.2) is 23.0 Å². The summed E-state index contributed by atoms with van der Waals surface area (Å²) in [7, 11) is 3.04. The number of ether oxygens (including phenoxy) is 2. The third-order valence-corrected chi connectivity index (χ3v) is 5.19. The second-order valence-electron chi connectivity index (χ2n) is 7.54. The van der Waals surface area contributed by atoms with Crippen LogP contribution in [0, 0.1) is 13.8 Å². The summed E-state index contributed by atoms with van der Waals surface area (Å²) in [5.74, 6) is 0.884. The number of methoxy groups -OCH3 is 2. The minimum atomic E-state index is 0. The fourth-order valence-electron chi connectivity index (χ4n) is 3.65. The number of hydrogen-bond donors (Lipinski definition) is 2. The first-order chi connectivity index (χ1) is 15.4. The number of nitrogens with zero attached hydrogens (tertiary/aromatic N) is 2. The van der Waals surface area contributed by atoms with Crippen LogP contribution in [-0.4, -0.2) is 34.4 Å². The zero-order valence-corrected chi connectivity index (χ0v) is 19.9. The largest absolute Gasteiger partial charge is 0.504 e. The number of phenolic OH excluding ortho intramolecular Hbond substituents is 2. The molecule has 4 aromatic rings. The predicted octanol–water partition coefficient (Wildman–Crippen LogP) is 5.52. The Hall–Kier alpha value is -3.54. The number of phenols is 2. The van der Waals surface area contributed by atoms with Crippen LogP contribution in [0.1, 0.15) is 11.1 Å². The van der Waals surface area contributed by atoms with E-state index in [0.29, 0.717) is 45.4 Å². The Morgan fingerprint density at radius 2 is 0.970 bits per heavy atom. The van der Waals surface area contributed by atoms with Crippen LogP contribution in [0.15, 0.2) is 60.7 Å². The van der Waals surface area contributed by atoms with Gasteiger partial charge in [0.05, 0.1) is 37.0 Å². The third-order valence-electron chi connectivity index (χ3n) is 5.19. The molecule has 0 aliphatic carbocycles. The molecule has 4 rings (SSSR count). The Morgan fingerprint density at radius 3 is 1.33 bits per heavy atom. The molecule has 0 fully saturated rings. The van der Waals surface area contributed by atoms with Gasteiger partial charge in [0, 0.05) is 28.2 Å². The molecule has 2 aromatic heterocycles. The molecule has 0 saturated heterocycles. The van der Waals surface area contributed by atoms with E-state index in [1.165, 1.54) is 14.2 Å². The van der Waals surface area contributed by atoms with Gasteiger partial charge in [-0.15, -0.1) is 0 Å². The molecule has 169 valence electrons. The van der Waals surface area contributed by atoms with Gasteiger partial charge >= 0.3 is 0 Å². The van der Waals surface area contributed by atoms with Gasteiger partial charge in [0.2, 0.25) is 0 Å². The minimum absolute atomic E-state index is 0. The smallest absolute Gasteiger partial charge is 0.167 e. The maximum atomic E-state index is 10.6. The van der Waals surface area contributed by atoms with Crippen LogP contribution in [0.4, 0.5) is 0 Å². The average Bonchev–Trinajstić information content (AvgIpc) is 2.81. The summed E-state index contributed by atoms with van der Waals surface area (Å²) in [6, 6.07) is 18.4.